The molecule has 21 heavy (non-hydrogen) atoms. The first-order chi connectivity index (χ1) is 9.92. The first kappa shape index (κ1) is 14.1. The van der Waals surface area contributed by atoms with E-state index in [-0.39, 0.29) is 12.4 Å². The summed E-state index contributed by atoms with van der Waals surface area (Å²) in [6.45, 7) is 0.421. The number of β-amino-alcohol motifs (C(OH)–C–C–N with tert-alkyl or cyclic N) is 1. The molecule has 2 aromatic heterocycles. The molecular formula is C12H14BrN5O3. The van der Waals surface area contributed by atoms with Gasteiger partial charge in [-0.15, -0.1) is 0 Å². The van der Waals surface area contributed by atoms with Gasteiger partial charge in [0.1, 0.15) is 17.4 Å². The number of aromatic nitrogens is 3. The number of hydrogen-bond donors (Lipinski definition) is 3. The fourth-order valence-corrected chi connectivity index (χ4v) is 3.35. The third-order valence-electron chi connectivity index (χ3n) is 3.75. The molecule has 8 nitrogen and oxygen atoms in total. The molecular weight excluding hydrogens is 342 g/mol. The van der Waals surface area contributed by atoms with Crippen LogP contribution in [0.1, 0.15) is 18.5 Å². The second-order valence-corrected chi connectivity index (χ2v) is 5.98. The summed E-state index contributed by atoms with van der Waals surface area (Å²) in [4.78, 5) is 16.3. The van der Waals surface area contributed by atoms with Gasteiger partial charge in [-0.1, -0.05) is 0 Å². The van der Waals surface area contributed by atoms with Gasteiger partial charge in [-0.3, -0.25) is 0 Å². The molecule has 1 saturated heterocycles. The number of carboxylic acid groups (broad SMARTS) is 1. The molecule has 112 valence electrons. The van der Waals surface area contributed by atoms with Crippen molar-refractivity contribution >= 4 is 33.4 Å². The fourth-order valence-electron chi connectivity index (χ4n) is 2.76. The molecule has 2 aromatic rings. The minimum Gasteiger partial charge on any atom is -0.465 e. The first-order valence-electron chi connectivity index (χ1n) is 6.41. The third-order valence-corrected chi connectivity index (χ3v) is 4.36. The molecule has 1 amide bonds. The normalized spacial score (nSPS) is 22.7. The van der Waals surface area contributed by atoms with Gasteiger partial charge < -0.3 is 20.8 Å². The molecule has 0 aromatic carbocycles. The Kier molecular flexibility index (Phi) is 3.25. The van der Waals surface area contributed by atoms with Crippen LogP contribution in [0.5, 0.6) is 0 Å². The minimum absolute atomic E-state index is 0.00476. The average molecular weight is 356 g/mol. The van der Waals surface area contributed by atoms with E-state index in [1.807, 2.05) is 0 Å². The molecule has 1 atom stereocenters. The maximum Gasteiger partial charge on any atom is 0.407 e. The number of rotatable bonds is 1. The Labute approximate surface area is 128 Å². The number of anilines is 1. The average Bonchev–Trinajstić information content (AvgIpc) is 2.78. The SMILES string of the molecule is Nc1ncnn2c(C3(O)CCCN(C(=O)O)C3)cc(Br)c12. The number of likely N-dealkylation sites (tertiary alicyclic amines) is 1. The Morgan fingerprint density at radius 2 is 2.29 bits per heavy atom. The lowest BCUT2D eigenvalue weighted by Gasteiger charge is -2.37. The number of nitrogens with zero attached hydrogens (tertiary/aromatic N) is 4. The summed E-state index contributed by atoms with van der Waals surface area (Å²) >= 11 is 3.38. The number of hydrogen-bond acceptors (Lipinski definition) is 5. The maximum atomic E-state index is 11.1. The molecule has 1 unspecified atom stereocenters. The lowest BCUT2D eigenvalue weighted by molar-refractivity contribution is -0.0339. The number of nitrogen functional groups attached to an aromatic ring is 1. The van der Waals surface area contributed by atoms with Crippen molar-refractivity contribution in [2.45, 2.75) is 18.4 Å². The third kappa shape index (κ3) is 2.22. The topological polar surface area (TPSA) is 117 Å². The van der Waals surface area contributed by atoms with Crippen molar-refractivity contribution in [1.29, 1.82) is 0 Å². The molecule has 1 fully saturated rings. The van der Waals surface area contributed by atoms with Crippen LogP contribution in [0, 0.1) is 0 Å². The van der Waals surface area contributed by atoms with E-state index in [1.165, 1.54) is 15.7 Å². The van der Waals surface area contributed by atoms with Gasteiger partial charge in [0.2, 0.25) is 0 Å². The smallest absolute Gasteiger partial charge is 0.407 e. The zero-order chi connectivity index (χ0) is 15.2. The Bertz CT molecular complexity index is 718. The molecule has 9 heteroatoms. The molecule has 3 heterocycles. The van der Waals surface area contributed by atoms with Gasteiger partial charge in [0.05, 0.1) is 12.2 Å². The summed E-state index contributed by atoms with van der Waals surface area (Å²) in [6.07, 6.45) is 1.30. The Morgan fingerprint density at radius 1 is 1.52 bits per heavy atom. The number of carbonyl (C=O) groups is 1. The molecule has 0 spiro atoms. The van der Waals surface area contributed by atoms with Crippen LogP contribution < -0.4 is 5.73 Å². The highest BCUT2D eigenvalue weighted by Crippen LogP contribution is 2.36. The lowest BCUT2D eigenvalue weighted by Crippen LogP contribution is -2.48. The van der Waals surface area contributed by atoms with Crippen LogP contribution >= 0.6 is 15.9 Å². The van der Waals surface area contributed by atoms with Crippen LogP contribution in [0.2, 0.25) is 0 Å². The highest BCUT2D eigenvalue weighted by molar-refractivity contribution is 9.10. The van der Waals surface area contributed by atoms with E-state index in [4.69, 9.17) is 10.8 Å². The standard InChI is InChI=1S/C12H14BrN5O3/c13-7-4-8(18-9(7)10(14)15-6-16-18)12(21)2-1-3-17(5-12)11(19)20/h4,6,21H,1-3,5H2,(H,19,20)(H2,14,15,16). The van der Waals surface area contributed by atoms with Crippen LogP contribution in [0.25, 0.3) is 5.52 Å². The Hall–Kier alpha value is -1.87. The fraction of sp³-hybridized carbons (Fsp3) is 0.417. The zero-order valence-corrected chi connectivity index (χ0v) is 12.6. The van der Waals surface area contributed by atoms with Crippen molar-refractivity contribution < 1.29 is 15.0 Å². The second-order valence-electron chi connectivity index (χ2n) is 5.12. The number of piperidine rings is 1. The van der Waals surface area contributed by atoms with Crippen molar-refractivity contribution in [3.05, 3.63) is 22.6 Å². The largest absolute Gasteiger partial charge is 0.465 e. The van der Waals surface area contributed by atoms with Crippen molar-refractivity contribution in [2.24, 2.45) is 0 Å². The van der Waals surface area contributed by atoms with E-state index in [9.17, 15) is 9.90 Å². The predicted octanol–water partition coefficient (Wildman–Crippen LogP) is 1.04. The highest BCUT2D eigenvalue weighted by Gasteiger charge is 2.39. The zero-order valence-electron chi connectivity index (χ0n) is 11.0. The van der Waals surface area contributed by atoms with E-state index in [2.05, 4.69) is 26.0 Å². The van der Waals surface area contributed by atoms with E-state index in [0.717, 1.165) is 0 Å². The molecule has 0 aliphatic carbocycles. The van der Waals surface area contributed by atoms with Gasteiger partial charge in [-0.05, 0) is 34.8 Å². The maximum absolute atomic E-state index is 11.1. The van der Waals surface area contributed by atoms with Crippen molar-refractivity contribution in [2.75, 3.05) is 18.8 Å². The monoisotopic (exact) mass is 355 g/mol. The number of fused-ring (bicyclic) bond motifs is 1. The summed E-state index contributed by atoms with van der Waals surface area (Å²) in [5.74, 6) is 0.289. The number of amides is 1. The van der Waals surface area contributed by atoms with Gasteiger partial charge in [0.25, 0.3) is 0 Å². The molecule has 0 bridgehead atoms. The lowest BCUT2D eigenvalue weighted by atomic mass is 9.90. The van der Waals surface area contributed by atoms with E-state index in [1.54, 1.807) is 6.07 Å². The van der Waals surface area contributed by atoms with Gasteiger partial charge in [0, 0.05) is 11.0 Å². The van der Waals surface area contributed by atoms with Crippen LogP contribution in [0.3, 0.4) is 0 Å². The van der Waals surface area contributed by atoms with Gasteiger partial charge in [0.15, 0.2) is 5.82 Å². The molecule has 4 N–H and O–H groups in total. The molecule has 0 saturated carbocycles. The number of nitrogens with two attached hydrogens (primary N) is 1. The van der Waals surface area contributed by atoms with Crippen molar-refractivity contribution in [1.82, 2.24) is 19.5 Å². The van der Waals surface area contributed by atoms with Crippen LogP contribution in [0.4, 0.5) is 10.6 Å². The van der Waals surface area contributed by atoms with Gasteiger partial charge in [-0.25, -0.2) is 14.3 Å². The first-order valence-corrected chi connectivity index (χ1v) is 7.20. The molecule has 1 aliphatic rings. The number of aliphatic hydroxyl groups is 1. The van der Waals surface area contributed by atoms with Crippen molar-refractivity contribution in [3.8, 4) is 0 Å². The van der Waals surface area contributed by atoms with E-state index < -0.39 is 11.7 Å². The summed E-state index contributed by atoms with van der Waals surface area (Å²) < 4.78 is 2.18. The minimum atomic E-state index is -1.30. The summed E-state index contributed by atoms with van der Waals surface area (Å²) in [5, 5.41) is 24.2. The Balaban J connectivity index is 2.11. The van der Waals surface area contributed by atoms with Crippen LogP contribution in [-0.2, 0) is 5.60 Å². The van der Waals surface area contributed by atoms with Gasteiger partial charge in [-0.2, -0.15) is 5.10 Å². The summed E-state index contributed by atoms with van der Waals surface area (Å²) in [7, 11) is 0. The van der Waals surface area contributed by atoms with Crippen molar-refractivity contribution in [3.63, 3.8) is 0 Å². The predicted molar refractivity (Wildman–Crippen MR) is 77.8 cm³/mol. The van der Waals surface area contributed by atoms with E-state index in [0.29, 0.717) is 35.1 Å². The quantitative estimate of drug-likeness (QED) is 0.703. The highest BCUT2D eigenvalue weighted by atomic mass is 79.9. The van der Waals surface area contributed by atoms with Gasteiger partial charge >= 0.3 is 6.09 Å². The molecule has 0 radical (unpaired) electrons. The number of halogens is 1. The summed E-state index contributed by atoms with van der Waals surface area (Å²) in [6, 6.07) is 1.71. The van der Waals surface area contributed by atoms with Crippen LogP contribution in [-0.4, -0.2) is 48.9 Å². The second kappa shape index (κ2) is 4.85. The molecule has 1 aliphatic heterocycles. The van der Waals surface area contributed by atoms with Crippen LogP contribution in [0.15, 0.2) is 16.9 Å². The van der Waals surface area contributed by atoms with E-state index >= 15 is 0 Å². The Morgan fingerprint density at radius 3 is 3.00 bits per heavy atom. The molecule has 3 rings (SSSR count). The summed E-state index contributed by atoms with van der Waals surface area (Å²) in [5.41, 5.74) is 5.60.